The van der Waals surface area contributed by atoms with Gasteiger partial charge in [0, 0.05) is 17.1 Å². The van der Waals surface area contributed by atoms with Crippen LogP contribution in [0.3, 0.4) is 0 Å². The number of anilines is 1. The largest absolute Gasteiger partial charge is 0.317 e. The maximum absolute atomic E-state index is 12.5. The number of carbonyl (C=O) groups is 1. The van der Waals surface area contributed by atoms with Gasteiger partial charge in [-0.2, -0.15) is 4.98 Å². The summed E-state index contributed by atoms with van der Waals surface area (Å²) in [4.78, 5) is 25.3. The van der Waals surface area contributed by atoms with Crippen LogP contribution in [0.15, 0.2) is 12.1 Å². The van der Waals surface area contributed by atoms with Gasteiger partial charge in [0.15, 0.2) is 0 Å². The SMILES string of the molecule is Cc1cc(C)c(NC(=O)c2nc3nc(C)cc(C)n3n2)c(C)n1. The van der Waals surface area contributed by atoms with E-state index >= 15 is 0 Å². The van der Waals surface area contributed by atoms with Crippen LogP contribution in [0.5, 0.6) is 0 Å². The van der Waals surface area contributed by atoms with Crippen LogP contribution < -0.4 is 5.32 Å². The van der Waals surface area contributed by atoms with Gasteiger partial charge in [0.25, 0.3) is 11.7 Å². The van der Waals surface area contributed by atoms with Crippen molar-refractivity contribution in [1.29, 1.82) is 0 Å². The van der Waals surface area contributed by atoms with Crippen molar-refractivity contribution in [2.75, 3.05) is 5.32 Å². The lowest BCUT2D eigenvalue weighted by atomic mass is 10.1. The zero-order valence-corrected chi connectivity index (χ0v) is 13.8. The number of rotatable bonds is 2. The third-order valence-electron chi connectivity index (χ3n) is 3.59. The molecule has 7 nitrogen and oxygen atoms in total. The second kappa shape index (κ2) is 5.42. The van der Waals surface area contributed by atoms with Crippen LogP contribution in [0.2, 0.25) is 0 Å². The standard InChI is InChI=1S/C16H18N6O/c1-8-6-9(2)17-12(5)13(8)19-15(23)14-20-16-18-10(3)7-11(4)22(16)21-14/h6-7H,1-5H3,(H,19,23). The molecule has 0 aliphatic carbocycles. The Hall–Kier alpha value is -2.83. The van der Waals surface area contributed by atoms with Crippen molar-refractivity contribution in [1.82, 2.24) is 24.6 Å². The predicted octanol–water partition coefficient (Wildman–Crippen LogP) is 2.31. The summed E-state index contributed by atoms with van der Waals surface area (Å²) < 4.78 is 1.56. The lowest BCUT2D eigenvalue weighted by Crippen LogP contribution is -2.16. The minimum atomic E-state index is -0.371. The minimum Gasteiger partial charge on any atom is -0.317 e. The van der Waals surface area contributed by atoms with E-state index in [4.69, 9.17) is 0 Å². The average Bonchev–Trinajstić information content (AvgIpc) is 2.86. The average molecular weight is 310 g/mol. The number of hydrogen-bond acceptors (Lipinski definition) is 5. The molecule has 3 aromatic heterocycles. The smallest absolute Gasteiger partial charge is 0.295 e. The van der Waals surface area contributed by atoms with Gasteiger partial charge < -0.3 is 5.32 Å². The molecule has 1 amide bonds. The number of nitrogens with one attached hydrogen (secondary N) is 1. The fraction of sp³-hybridized carbons (Fsp3) is 0.312. The lowest BCUT2D eigenvalue weighted by Gasteiger charge is -2.10. The highest BCUT2D eigenvalue weighted by molar-refractivity contribution is 6.02. The van der Waals surface area contributed by atoms with Crippen LogP contribution in [0.25, 0.3) is 5.78 Å². The Morgan fingerprint density at radius 3 is 2.39 bits per heavy atom. The van der Waals surface area contributed by atoms with Crippen molar-refractivity contribution in [3.05, 3.63) is 46.3 Å². The van der Waals surface area contributed by atoms with Gasteiger partial charge in [-0.05, 0) is 52.3 Å². The van der Waals surface area contributed by atoms with Gasteiger partial charge in [-0.15, -0.1) is 5.10 Å². The van der Waals surface area contributed by atoms with Crippen molar-refractivity contribution in [2.24, 2.45) is 0 Å². The maximum atomic E-state index is 12.5. The molecule has 0 unspecified atom stereocenters. The van der Waals surface area contributed by atoms with E-state index in [9.17, 15) is 4.79 Å². The van der Waals surface area contributed by atoms with Crippen LogP contribution in [0.4, 0.5) is 5.69 Å². The quantitative estimate of drug-likeness (QED) is 0.785. The van der Waals surface area contributed by atoms with E-state index in [0.29, 0.717) is 11.5 Å². The Bertz CT molecular complexity index is 905. The van der Waals surface area contributed by atoms with Crippen molar-refractivity contribution >= 4 is 17.4 Å². The summed E-state index contributed by atoms with van der Waals surface area (Å²) in [6.07, 6.45) is 0. The molecule has 0 saturated carbocycles. The van der Waals surface area contributed by atoms with Gasteiger partial charge in [-0.25, -0.2) is 9.50 Å². The van der Waals surface area contributed by atoms with Crippen LogP contribution >= 0.6 is 0 Å². The molecule has 23 heavy (non-hydrogen) atoms. The highest BCUT2D eigenvalue weighted by atomic mass is 16.2. The Labute approximate surface area is 133 Å². The molecule has 7 heteroatoms. The Kier molecular flexibility index (Phi) is 3.55. The molecule has 0 spiro atoms. The molecule has 0 saturated heterocycles. The molecule has 1 N–H and O–H groups in total. The van der Waals surface area contributed by atoms with Crippen LogP contribution in [0.1, 0.15) is 39.0 Å². The molecular formula is C16H18N6O. The molecule has 0 aliphatic heterocycles. The Morgan fingerprint density at radius 1 is 1.00 bits per heavy atom. The number of hydrogen-bond donors (Lipinski definition) is 1. The molecule has 0 aromatic carbocycles. The fourth-order valence-corrected chi connectivity index (χ4v) is 2.64. The molecule has 0 radical (unpaired) electrons. The molecule has 0 bridgehead atoms. The first-order chi connectivity index (χ1) is 10.8. The van der Waals surface area contributed by atoms with Gasteiger partial charge in [0.1, 0.15) is 0 Å². The van der Waals surface area contributed by atoms with E-state index in [-0.39, 0.29) is 11.7 Å². The Morgan fingerprint density at radius 2 is 1.70 bits per heavy atom. The van der Waals surface area contributed by atoms with Gasteiger partial charge in [-0.3, -0.25) is 9.78 Å². The monoisotopic (exact) mass is 310 g/mol. The number of carbonyl (C=O) groups excluding carboxylic acids is 1. The topological polar surface area (TPSA) is 85.1 Å². The zero-order chi connectivity index (χ0) is 16.7. The Balaban J connectivity index is 1.97. The van der Waals surface area contributed by atoms with Crippen molar-refractivity contribution in [3.8, 4) is 0 Å². The first-order valence-corrected chi connectivity index (χ1v) is 7.32. The van der Waals surface area contributed by atoms with Crippen LogP contribution in [-0.2, 0) is 0 Å². The maximum Gasteiger partial charge on any atom is 0.295 e. The number of amides is 1. The lowest BCUT2D eigenvalue weighted by molar-refractivity contribution is 0.101. The summed E-state index contributed by atoms with van der Waals surface area (Å²) in [6.45, 7) is 9.50. The molecule has 3 aromatic rings. The molecule has 3 rings (SSSR count). The predicted molar refractivity (Wildman–Crippen MR) is 86.7 cm³/mol. The van der Waals surface area contributed by atoms with Crippen LogP contribution in [-0.4, -0.2) is 30.5 Å². The summed E-state index contributed by atoms with van der Waals surface area (Å²) in [5.41, 5.74) is 5.05. The first kappa shape index (κ1) is 15.1. The summed E-state index contributed by atoms with van der Waals surface area (Å²) >= 11 is 0. The summed E-state index contributed by atoms with van der Waals surface area (Å²) in [5, 5.41) is 7.09. The second-order valence-electron chi connectivity index (χ2n) is 5.68. The van der Waals surface area contributed by atoms with Crippen molar-refractivity contribution in [3.63, 3.8) is 0 Å². The highest BCUT2D eigenvalue weighted by Gasteiger charge is 2.17. The summed E-state index contributed by atoms with van der Waals surface area (Å²) in [7, 11) is 0. The van der Waals surface area contributed by atoms with E-state index in [1.165, 1.54) is 0 Å². The van der Waals surface area contributed by atoms with E-state index in [1.807, 2.05) is 46.8 Å². The van der Waals surface area contributed by atoms with Gasteiger partial charge in [-0.1, -0.05) is 0 Å². The van der Waals surface area contributed by atoms with E-state index in [0.717, 1.165) is 28.3 Å². The van der Waals surface area contributed by atoms with E-state index in [2.05, 4.69) is 25.4 Å². The van der Waals surface area contributed by atoms with Crippen molar-refractivity contribution < 1.29 is 4.79 Å². The molecule has 0 aliphatic rings. The second-order valence-corrected chi connectivity index (χ2v) is 5.68. The minimum absolute atomic E-state index is 0.0885. The van der Waals surface area contributed by atoms with Gasteiger partial charge >= 0.3 is 0 Å². The number of aromatic nitrogens is 5. The molecular weight excluding hydrogens is 292 g/mol. The summed E-state index contributed by atoms with van der Waals surface area (Å²) in [5.74, 6) is 0.137. The molecule has 3 heterocycles. The number of pyridine rings is 1. The molecule has 118 valence electrons. The summed E-state index contributed by atoms with van der Waals surface area (Å²) in [6, 6.07) is 3.82. The number of nitrogens with zero attached hydrogens (tertiary/aromatic N) is 5. The highest BCUT2D eigenvalue weighted by Crippen LogP contribution is 2.19. The number of aryl methyl sites for hydroxylation is 5. The van der Waals surface area contributed by atoms with Crippen LogP contribution in [0, 0.1) is 34.6 Å². The zero-order valence-electron chi connectivity index (χ0n) is 13.8. The van der Waals surface area contributed by atoms with E-state index < -0.39 is 0 Å². The third-order valence-corrected chi connectivity index (χ3v) is 3.59. The van der Waals surface area contributed by atoms with Gasteiger partial charge in [0.05, 0.1) is 11.4 Å². The molecule has 0 fully saturated rings. The number of fused-ring (bicyclic) bond motifs is 1. The first-order valence-electron chi connectivity index (χ1n) is 7.32. The fourth-order valence-electron chi connectivity index (χ4n) is 2.64. The normalized spacial score (nSPS) is 11.0. The van der Waals surface area contributed by atoms with E-state index in [1.54, 1.807) is 4.52 Å². The molecule has 0 atom stereocenters. The third kappa shape index (κ3) is 2.77. The van der Waals surface area contributed by atoms with Gasteiger partial charge in [0.2, 0.25) is 5.82 Å². The van der Waals surface area contributed by atoms with Crippen molar-refractivity contribution in [2.45, 2.75) is 34.6 Å².